The molecule has 1 amide bonds. The fourth-order valence-corrected chi connectivity index (χ4v) is 5.00. The molecule has 110 valence electrons. The Kier molecular flexibility index (Phi) is 3.71. The lowest BCUT2D eigenvalue weighted by Crippen LogP contribution is -2.34. The molecule has 0 aromatic rings. The first-order valence-electron chi connectivity index (χ1n) is 7.11. The minimum Gasteiger partial charge on any atom is -0.342 e. The number of carbonyl (C=O) groups is 1. The van der Waals surface area contributed by atoms with E-state index in [0.29, 0.717) is 17.3 Å². The molecule has 1 aliphatic heterocycles. The van der Waals surface area contributed by atoms with Crippen molar-refractivity contribution in [3.05, 3.63) is 0 Å². The molecule has 2 aliphatic rings. The van der Waals surface area contributed by atoms with E-state index < -0.39 is 9.84 Å². The summed E-state index contributed by atoms with van der Waals surface area (Å²) in [5.41, 5.74) is 0.389. The summed E-state index contributed by atoms with van der Waals surface area (Å²) in [6.45, 7) is 9.90. The molecular formula is C14H25NO3S. The van der Waals surface area contributed by atoms with Crippen LogP contribution in [0, 0.1) is 23.2 Å². The van der Waals surface area contributed by atoms with Gasteiger partial charge in [-0.25, -0.2) is 8.42 Å². The zero-order valence-electron chi connectivity index (χ0n) is 12.3. The second-order valence-corrected chi connectivity index (χ2v) is 9.32. The second kappa shape index (κ2) is 4.76. The van der Waals surface area contributed by atoms with Gasteiger partial charge in [0.25, 0.3) is 0 Å². The second-order valence-electron chi connectivity index (χ2n) is 7.09. The highest BCUT2D eigenvalue weighted by molar-refractivity contribution is 7.91. The number of carbonyl (C=O) groups excluding carboxylic acids is 1. The smallest absolute Gasteiger partial charge is 0.223 e. The lowest BCUT2D eigenvalue weighted by atomic mass is 10.1. The maximum absolute atomic E-state index is 12.0. The lowest BCUT2D eigenvalue weighted by Gasteiger charge is -2.22. The van der Waals surface area contributed by atoms with E-state index in [2.05, 4.69) is 13.8 Å². The maximum Gasteiger partial charge on any atom is 0.223 e. The van der Waals surface area contributed by atoms with E-state index in [0.717, 1.165) is 13.1 Å². The van der Waals surface area contributed by atoms with Crippen LogP contribution in [0.25, 0.3) is 0 Å². The van der Waals surface area contributed by atoms with Crippen molar-refractivity contribution >= 4 is 15.7 Å². The molecule has 0 aromatic carbocycles. The molecule has 0 unspecified atom stereocenters. The highest BCUT2D eigenvalue weighted by atomic mass is 32.2. The van der Waals surface area contributed by atoms with Crippen molar-refractivity contribution in [3.63, 3.8) is 0 Å². The first kappa shape index (κ1) is 14.8. The average molecular weight is 287 g/mol. The van der Waals surface area contributed by atoms with Crippen LogP contribution in [0.5, 0.6) is 0 Å². The van der Waals surface area contributed by atoms with Crippen molar-refractivity contribution in [3.8, 4) is 0 Å². The van der Waals surface area contributed by atoms with Crippen molar-refractivity contribution < 1.29 is 13.2 Å². The molecule has 1 saturated heterocycles. The minimum absolute atomic E-state index is 0.000754. The van der Waals surface area contributed by atoms with Crippen LogP contribution in [-0.4, -0.2) is 43.8 Å². The predicted molar refractivity (Wildman–Crippen MR) is 75.4 cm³/mol. The third-order valence-corrected chi connectivity index (χ3v) is 6.69. The molecular weight excluding hydrogens is 262 g/mol. The van der Waals surface area contributed by atoms with Gasteiger partial charge >= 0.3 is 0 Å². The number of piperidine rings is 1. The van der Waals surface area contributed by atoms with Gasteiger partial charge in [-0.2, -0.15) is 0 Å². The number of hydrogen-bond acceptors (Lipinski definition) is 3. The van der Waals surface area contributed by atoms with E-state index in [9.17, 15) is 13.2 Å². The first-order chi connectivity index (χ1) is 8.63. The van der Waals surface area contributed by atoms with E-state index in [1.54, 1.807) is 0 Å². The molecule has 19 heavy (non-hydrogen) atoms. The molecule has 4 nitrogen and oxygen atoms in total. The lowest BCUT2D eigenvalue weighted by molar-refractivity contribution is -0.130. The Morgan fingerprint density at radius 1 is 1.26 bits per heavy atom. The summed E-state index contributed by atoms with van der Waals surface area (Å²) in [5.74, 6) is 1.57. The van der Waals surface area contributed by atoms with Gasteiger partial charge in [0.1, 0.15) is 0 Å². The van der Waals surface area contributed by atoms with Crippen LogP contribution in [0.3, 0.4) is 0 Å². The van der Waals surface area contributed by atoms with Gasteiger partial charge < -0.3 is 4.90 Å². The number of nitrogens with zero attached hydrogens (tertiary/aromatic N) is 1. The van der Waals surface area contributed by atoms with Gasteiger partial charge in [0, 0.05) is 19.5 Å². The Morgan fingerprint density at radius 2 is 1.79 bits per heavy atom. The molecule has 0 radical (unpaired) electrons. The minimum atomic E-state index is -3.08. The Bertz CT molecular complexity index is 453. The van der Waals surface area contributed by atoms with Crippen LogP contribution in [-0.2, 0) is 14.6 Å². The van der Waals surface area contributed by atoms with Gasteiger partial charge in [-0.1, -0.05) is 27.7 Å². The Hall–Kier alpha value is -0.580. The SMILES string of the molecule is CC(C)CS(=O)(=O)CCC(=O)N1C[C@H]2[C@H](C1)C2(C)C. The molecule has 2 atom stereocenters. The first-order valence-corrected chi connectivity index (χ1v) is 8.94. The standard InChI is InChI=1S/C14H25NO3S/c1-10(2)9-19(17,18)6-5-13(16)15-7-11-12(8-15)14(11,3)4/h10-12H,5-9H2,1-4H3/t11-,12-/m0/s1. The van der Waals surface area contributed by atoms with Gasteiger partial charge in [-0.05, 0) is 23.2 Å². The molecule has 1 heterocycles. The van der Waals surface area contributed by atoms with Crippen LogP contribution >= 0.6 is 0 Å². The summed E-state index contributed by atoms with van der Waals surface area (Å²) >= 11 is 0. The zero-order chi connectivity index (χ0) is 14.4. The van der Waals surface area contributed by atoms with Crippen molar-refractivity contribution in [2.75, 3.05) is 24.6 Å². The summed E-state index contributed by atoms with van der Waals surface area (Å²) in [5, 5.41) is 0. The number of sulfone groups is 1. The number of likely N-dealkylation sites (tertiary alicyclic amines) is 1. The molecule has 1 aliphatic carbocycles. The average Bonchev–Trinajstić information content (AvgIpc) is 2.66. The molecule has 0 spiro atoms. The van der Waals surface area contributed by atoms with Gasteiger partial charge in [0.05, 0.1) is 11.5 Å². The van der Waals surface area contributed by atoms with Crippen molar-refractivity contribution in [2.24, 2.45) is 23.2 Å². The quantitative estimate of drug-likeness (QED) is 0.771. The number of rotatable bonds is 5. The van der Waals surface area contributed by atoms with E-state index in [1.807, 2.05) is 18.7 Å². The summed E-state index contributed by atoms with van der Waals surface area (Å²) in [6.07, 6.45) is 0.148. The molecule has 5 heteroatoms. The van der Waals surface area contributed by atoms with Crippen molar-refractivity contribution in [1.29, 1.82) is 0 Å². The van der Waals surface area contributed by atoms with E-state index in [4.69, 9.17) is 0 Å². The normalized spacial score (nSPS) is 28.6. The van der Waals surface area contributed by atoms with E-state index >= 15 is 0 Å². The van der Waals surface area contributed by atoms with Crippen LogP contribution < -0.4 is 0 Å². The van der Waals surface area contributed by atoms with Crippen LogP contribution in [0.1, 0.15) is 34.1 Å². The number of hydrogen-bond donors (Lipinski definition) is 0. The third kappa shape index (κ3) is 3.12. The number of fused-ring (bicyclic) bond motifs is 1. The largest absolute Gasteiger partial charge is 0.342 e. The molecule has 1 saturated carbocycles. The number of amides is 1. The topological polar surface area (TPSA) is 54.5 Å². The predicted octanol–water partition coefficient (Wildman–Crippen LogP) is 1.56. The Labute approximate surface area is 116 Å². The fraction of sp³-hybridized carbons (Fsp3) is 0.929. The highest BCUT2D eigenvalue weighted by Crippen LogP contribution is 2.61. The van der Waals surface area contributed by atoms with Crippen molar-refractivity contribution in [1.82, 2.24) is 4.90 Å². The summed E-state index contributed by atoms with van der Waals surface area (Å²) in [4.78, 5) is 13.9. The third-order valence-electron chi connectivity index (χ3n) is 4.69. The molecule has 0 N–H and O–H groups in total. The maximum atomic E-state index is 12.0. The van der Waals surface area contributed by atoms with Crippen LogP contribution in [0.2, 0.25) is 0 Å². The van der Waals surface area contributed by atoms with Gasteiger partial charge in [-0.15, -0.1) is 0 Å². The highest BCUT2D eigenvalue weighted by Gasteiger charge is 2.62. The Balaban J connectivity index is 1.78. The molecule has 2 rings (SSSR count). The molecule has 0 bridgehead atoms. The van der Waals surface area contributed by atoms with E-state index in [-0.39, 0.29) is 29.8 Å². The summed E-state index contributed by atoms with van der Waals surface area (Å²) in [7, 11) is -3.08. The monoisotopic (exact) mass is 287 g/mol. The van der Waals surface area contributed by atoms with Gasteiger partial charge in [-0.3, -0.25) is 4.79 Å². The van der Waals surface area contributed by atoms with Crippen molar-refractivity contribution in [2.45, 2.75) is 34.1 Å². The Morgan fingerprint density at radius 3 is 2.26 bits per heavy atom. The van der Waals surface area contributed by atoms with Gasteiger partial charge in [0.2, 0.25) is 5.91 Å². The van der Waals surface area contributed by atoms with Crippen LogP contribution in [0.15, 0.2) is 0 Å². The van der Waals surface area contributed by atoms with Gasteiger partial charge in [0.15, 0.2) is 9.84 Å². The summed E-state index contributed by atoms with van der Waals surface area (Å²) < 4.78 is 23.5. The summed E-state index contributed by atoms with van der Waals surface area (Å²) in [6, 6.07) is 0. The van der Waals surface area contributed by atoms with E-state index in [1.165, 1.54) is 0 Å². The fourth-order valence-electron chi connectivity index (χ4n) is 3.33. The molecule has 0 aromatic heterocycles. The van der Waals surface area contributed by atoms with Crippen LogP contribution in [0.4, 0.5) is 0 Å². The zero-order valence-corrected chi connectivity index (χ0v) is 13.2. The molecule has 2 fully saturated rings.